The van der Waals surface area contributed by atoms with E-state index in [0.29, 0.717) is 12.1 Å². The van der Waals surface area contributed by atoms with Crippen LogP contribution in [0.3, 0.4) is 0 Å². The second kappa shape index (κ2) is 9.01. The minimum atomic E-state index is 0.00530. The Hall–Kier alpha value is -2.98. The molecule has 0 spiro atoms. The van der Waals surface area contributed by atoms with Gasteiger partial charge in [0.1, 0.15) is 0 Å². The number of nitrogens with zero attached hydrogens (tertiary/aromatic N) is 3. The molecule has 4 rings (SSSR count). The Morgan fingerprint density at radius 1 is 0.966 bits per heavy atom. The van der Waals surface area contributed by atoms with E-state index in [4.69, 9.17) is 0 Å². The highest BCUT2D eigenvalue weighted by atomic mass is 16.2. The summed E-state index contributed by atoms with van der Waals surface area (Å²) in [5.41, 5.74) is 5.14. The van der Waals surface area contributed by atoms with Crippen molar-refractivity contribution in [3.05, 3.63) is 89.7 Å². The fraction of sp³-hybridized carbons (Fsp3) is 0.280. The van der Waals surface area contributed by atoms with E-state index in [2.05, 4.69) is 40.2 Å². The molecule has 1 amide bonds. The molecule has 0 unspecified atom stereocenters. The largest absolute Gasteiger partial charge is 0.336 e. The summed E-state index contributed by atoms with van der Waals surface area (Å²) < 4.78 is 0. The van der Waals surface area contributed by atoms with E-state index in [-0.39, 0.29) is 5.91 Å². The number of pyridine rings is 1. The van der Waals surface area contributed by atoms with Crippen molar-refractivity contribution < 1.29 is 4.79 Å². The number of amides is 1. The van der Waals surface area contributed by atoms with E-state index < -0.39 is 0 Å². The van der Waals surface area contributed by atoms with Crippen molar-refractivity contribution in [1.82, 2.24) is 14.8 Å². The molecule has 148 valence electrons. The van der Waals surface area contributed by atoms with Crippen LogP contribution < -0.4 is 0 Å². The lowest BCUT2D eigenvalue weighted by atomic mass is 10.0. The van der Waals surface area contributed by atoms with Gasteiger partial charge in [-0.2, -0.15) is 0 Å². The van der Waals surface area contributed by atoms with Crippen molar-refractivity contribution in [2.75, 3.05) is 20.1 Å². The number of hydrogen-bond donors (Lipinski definition) is 0. The van der Waals surface area contributed by atoms with E-state index in [1.807, 2.05) is 43.4 Å². The van der Waals surface area contributed by atoms with Gasteiger partial charge in [0, 0.05) is 25.4 Å². The monoisotopic (exact) mass is 385 g/mol. The van der Waals surface area contributed by atoms with E-state index >= 15 is 0 Å². The summed E-state index contributed by atoms with van der Waals surface area (Å²) in [6.07, 6.45) is 4.36. The van der Waals surface area contributed by atoms with Gasteiger partial charge in [-0.15, -0.1) is 0 Å². The third-order valence-corrected chi connectivity index (χ3v) is 5.45. The van der Waals surface area contributed by atoms with Gasteiger partial charge in [0.15, 0.2) is 0 Å². The average Bonchev–Trinajstić information content (AvgIpc) is 3.27. The summed E-state index contributed by atoms with van der Waals surface area (Å²) in [6, 6.07) is 22.3. The minimum Gasteiger partial charge on any atom is -0.336 e. The lowest BCUT2D eigenvalue weighted by molar-refractivity contribution is 0.0783. The van der Waals surface area contributed by atoms with E-state index in [9.17, 15) is 4.79 Å². The molecule has 2 aromatic carbocycles. The minimum absolute atomic E-state index is 0.00530. The summed E-state index contributed by atoms with van der Waals surface area (Å²) in [4.78, 5) is 21.5. The second-order valence-corrected chi connectivity index (χ2v) is 7.75. The van der Waals surface area contributed by atoms with Crippen LogP contribution in [0.15, 0.2) is 72.9 Å². The zero-order chi connectivity index (χ0) is 20.1. The first-order valence-corrected chi connectivity index (χ1v) is 10.3. The fourth-order valence-electron chi connectivity index (χ4n) is 3.91. The first-order valence-electron chi connectivity index (χ1n) is 10.3. The van der Waals surface area contributed by atoms with Gasteiger partial charge < -0.3 is 4.90 Å². The molecule has 3 aromatic rings. The first kappa shape index (κ1) is 19.3. The highest BCUT2D eigenvalue weighted by Gasteiger charge is 2.14. The molecule has 0 atom stereocenters. The maximum atomic E-state index is 12.9. The van der Waals surface area contributed by atoms with Crippen LogP contribution in [0, 0.1) is 0 Å². The molecule has 1 aliphatic heterocycles. The van der Waals surface area contributed by atoms with Crippen molar-refractivity contribution >= 4 is 5.91 Å². The SMILES string of the molecule is CN(Cc1ccccn1)C(=O)c1cccc(-c2cccc(CN3CCCC3)c2)c1. The molecule has 1 aromatic heterocycles. The molecule has 0 saturated carbocycles. The molecule has 1 aliphatic rings. The normalized spacial score (nSPS) is 14.1. The van der Waals surface area contributed by atoms with Crippen molar-refractivity contribution in [3.63, 3.8) is 0 Å². The van der Waals surface area contributed by atoms with Gasteiger partial charge in [-0.25, -0.2) is 0 Å². The van der Waals surface area contributed by atoms with Crippen LogP contribution in [0.25, 0.3) is 11.1 Å². The van der Waals surface area contributed by atoms with Crippen LogP contribution in [0.1, 0.15) is 34.5 Å². The van der Waals surface area contributed by atoms with Crippen molar-refractivity contribution in [1.29, 1.82) is 0 Å². The Bertz CT molecular complexity index is 965. The topological polar surface area (TPSA) is 36.4 Å². The van der Waals surface area contributed by atoms with Crippen LogP contribution in [0.2, 0.25) is 0 Å². The highest BCUT2D eigenvalue weighted by molar-refractivity contribution is 5.95. The Balaban J connectivity index is 1.50. The Morgan fingerprint density at radius 3 is 2.48 bits per heavy atom. The van der Waals surface area contributed by atoms with E-state index in [1.165, 1.54) is 31.5 Å². The number of carbonyl (C=O) groups excluding carboxylic acids is 1. The Morgan fingerprint density at radius 2 is 1.72 bits per heavy atom. The predicted molar refractivity (Wildman–Crippen MR) is 116 cm³/mol. The summed E-state index contributed by atoms with van der Waals surface area (Å²) in [6.45, 7) is 3.88. The maximum absolute atomic E-state index is 12.9. The standard InChI is InChI=1S/C25H27N3O/c1-27(19-24-12-2-3-13-26-24)25(29)23-11-7-10-22(17-23)21-9-6-8-20(16-21)18-28-14-4-5-15-28/h2-3,6-13,16-17H,4-5,14-15,18-19H2,1H3. The third-order valence-electron chi connectivity index (χ3n) is 5.45. The van der Waals surface area contributed by atoms with Crippen LogP contribution >= 0.6 is 0 Å². The van der Waals surface area contributed by atoms with Gasteiger partial charge in [0.2, 0.25) is 0 Å². The predicted octanol–water partition coefficient (Wildman–Crippen LogP) is 4.62. The molecule has 0 bridgehead atoms. The van der Waals surface area contributed by atoms with Gasteiger partial charge in [0.05, 0.1) is 12.2 Å². The Labute approximate surface area is 172 Å². The average molecular weight is 386 g/mol. The summed E-state index contributed by atoms with van der Waals surface area (Å²) in [5, 5.41) is 0. The first-order chi connectivity index (χ1) is 14.2. The summed E-state index contributed by atoms with van der Waals surface area (Å²) >= 11 is 0. The second-order valence-electron chi connectivity index (χ2n) is 7.75. The van der Waals surface area contributed by atoms with Crippen molar-refractivity contribution in [3.8, 4) is 11.1 Å². The number of rotatable bonds is 6. The molecule has 4 nitrogen and oxygen atoms in total. The van der Waals surface area contributed by atoms with Crippen LogP contribution in [0.5, 0.6) is 0 Å². The number of likely N-dealkylation sites (tertiary alicyclic amines) is 1. The number of aromatic nitrogens is 1. The van der Waals surface area contributed by atoms with Crippen LogP contribution in [-0.4, -0.2) is 40.8 Å². The molecule has 1 saturated heterocycles. The van der Waals surface area contributed by atoms with Gasteiger partial charge in [-0.3, -0.25) is 14.7 Å². The molecule has 4 heteroatoms. The lowest BCUT2D eigenvalue weighted by Gasteiger charge is -2.17. The molecule has 0 radical (unpaired) electrons. The number of benzene rings is 2. The molecule has 29 heavy (non-hydrogen) atoms. The van der Waals surface area contributed by atoms with Gasteiger partial charge >= 0.3 is 0 Å². The summed E-state index contributed by atoms with van der Waals surface area (Å²) in [5.74, 6) is 0.00530. The molecule has 0 N–H and O–H groups in total. The van der Waals surface area contributed by atoms with Gasteiger partial charge in [-0.1, -0.05) is 36.4 Å². The Kier molecular flexibility index (Phi) is 6.01. The van der Waals surface area contributed by atoms with E-state index in [0.717, 1.165) is 23.4 Å². The van der Waals surface area contributed by atoms with Crippen molar-refractivity contribution in [2.24, 2.45) is 0 Å². The maximum Gasteiger partial charge on any atom is 0.253 e. The van der Waals surface area contributed by atoms with Crippen LogP contribution in [-0.2, 0) is 13.1 Å². The van der Waals surface area contributed by atoms with Gasteiger partial charge in [0.25, 0.3) is 5.91 Å². The van der Waals surface area contributed by atoms with Gasteiger partial charge in [-0.05, 0) is 73.0 Å². The number of carbonyl (C=O) groups is 1. The third kappa shape index (κ3) is 4.90. The zero-order valence-electron chi connectivity index (χ0n) is 16.9. The molecular formula is C25H27N3O. The molecule has 1 fully saturated rings. The summed E-state index contributed by atoms with van der Waals surface area (Å²) in [7, 11) is 1.82. The number of hydrogen-bond acceptors (Lipinski definition) is 3. The van der Waals surface area contributed by atoms with Crippen LogP contribution in [0.4, 0.5) is 0 Å². The van der Waals surface area contributed by atoms with Crippen molar-refractivity contribution in [2.45, 2.75) is 25.9 Å². The smallest absolute Gasteiger partial charge is 0.253 e. The lowest BCUT2D eigenvalue weighted by Crippen LogP contribution is -2.26. The zero-order valence-corrected chi connectivity index (χ0v) is 16.9. The molecule has 0 aliphatic carbocycles. The highest BCUT2D eigenvalue weighted by Crippen LogP contribution is 2.23. The quantitative estimate of drug-likeness (QED) is 0.621. The fourth-order valence-corrected chi connectivity index (χ4v) is 3.91. The molecule has 2 heterocycles. The van der Waals surface area contributed by atoms with E-state index in [1.54, 1.807) is 11.1 Å². The molecular weight excluding hydrogens is 358 g/mol.